The van der Waals surface area contributed by atoms with Crippen LogP contribution in [-0.4, -0.2) is 23.5 Å². The van der Waals surface area contributed by atoms with Gasteiger partial charge in [0.15, 0.2) is 5.17 Å². The average Bonchev–Trinajstić information content (AvgIpc) is 2.85. The minimum atomic E-state index is -0.432. The number of carbonyl (C=O) groups is 2. The van der Waals surface area contributed by atoms with Gasteiger partial charge in [0.2, 0.25) is 0 Å². The molecule has 0 radical (unpaired) electrons. The number of benzene rings is 1. The first-order chi connectivity index (χ1) is 9.13. The number of carbonyl (C=O) groups excluding carboxylic acids is 2. The zero-order valence-corrected chi connectivity index (χ0v) is 11.0. The topological polar surface area (TPSA) is 75.8 Å². The average molecular weight is 273 g/mol. The van der Waals surface area contributed by atoms with E-state index in [4.69, 9.17) is 5.73 Å². The molecular weight excluding hydrogens is 262 g/mol. The molecule has 0 fully saturated rings. The maximum atomic E-state index is 12.4. The highest BCUT2D eigenvalue weighted by Crippen LogP contribution is 2.42. The van der Waals surface area contributed by atoms with Gasteiger partial charge in [-0.05, 0) is 24.8 Å². The summed E-state index contributed by atoms with van der Waals surface area (Å²) >= 11 is 1.06. The molecule has 0 saturated carbocycles. The summed E-state index contributed by atoms with van der Waals surface area (Å²) in [6.45, 7) is 2.46. The lowest BCUT2D eigenvalue weighted by Gasteiger charge is -2.13. The second-order valence-electron chi connectivity index (χ2n) is 4.13. The summed E-state index contributed by atoms with van der Waals surface area (Å²) in [4.78, 5) is 29.9. The van der Waals surface area contributed by atoms with Gasteiger partial charge in [-0.3, -0.25) is 9.59 Å². The Morgan fingerprint density at radius 2 is 2.05 bits per heavy atom. The summed E-state index contributed by atoms with van der Waals surface area (Å²) in [5.41, 5.74) is 7.57. The van der Waals surface area contributed by atoms with E-state index in [0.717, 1.165) is 23.0 Å². The number of anilines is 1. The van der Waals surface area contributed by atoms with Gasteiger partial charge >= 0.3 is 0 Å². The maximum Gasteiger partial charge on any atom is 0.287 e. The highest BCUT2D eigenvalue weighted by molar-refractivity contribution is 8.18. The van der Waals surface area contributed by atoms with E-state index in [2.05, 4.69) is 4.99 Å². The molecule has 0 aromatic heterocycles. The first kappa shape index (κ1) is 12.0. The van der Waals surface area contributed by atoms with Crippen molar-refractivity contribution in [1.29, 1.82) is 0 Å². The highest BCUT2D eigenvalue weighted by atomic mass is 32.2. The molecule has 0 aliphatic carbocycles. The lowest BCUT2D eigenvalue weighted by Crippen LogP contribution is -2.26. The fourth-order valence-corrected chi connectivity index (χ4v) is 3.06. The summed E-state index contributed by atoms with van der Waals surface area (Å²) < 4.78 is 0. The number of nitrogens with two attached hydrogens (primary N) is 1. The molecule has 0 atom stereocenters. The van der Waals surface area contributed by atoms with Gasteiger partial charge in [0.05, 0.1) is 16.2 Å². The van der Waals surface area contributed by atoms with E-state index in [9.17, 15) is 9.59 Å². The summed E-state index contributed by atoms with van der Waals surface area (Å²) in [6.07, 6.45) is 0. The number of fused-ring (bicyclic) bond motifs is 1. The Hall–Kier alpha value is -2.08. The Morgan fingerprint density at radius 1 is 1.32 bits per heavy atom. The SMILES string of the molecule is CCN1C(=O)C(=C2SC(N)=NC2=O)c2ccccc21. The molecule has 1 aromatic rings. The van der Waals surface area contributed by atoms with Crippen molar-refractivity contribution in [1.82, 2.24) is 0 Å². The molecular formula is C13H11N3O2S. The zero-order chi connectivity index (χ0) is 13.6. The molecule has 2 aliphatic heterocycles. The summed E-state index contributed by atoms with van der Waals surface area (Å²) in [5.74, 6) is -0.594. The van der Waals surface area contributed by atoms with Crippen LogP contribution in [0.25, 0.3) is 5.57 Å². The van der Waals surface area contributed by atoms with Crippen LogP contribution in [0.4, 0.5) is 5.69 Å². The predicted octanol–water partition coefficient (Wildman–Crippen LogP) is 1.35. The lowest BCUT2D eigenvalue weighted by atomic mass is 10.1. The molecule has 96 valence electrons. The summed E-state index contributed by atoms with van der Waals surface area (Å²) in [7, 11) is 0. The lowest BCUT2D eigenvalue weighted by molar-refractivity contribution is -0.115. The van der Waals surface area contributed by atoms with Crippen LogP contribution in [0, 0.1) is 0 Å². The largest absolute Gasteiger partial charge is 0.378 e. The van der Waals surface area contributed by atoms with E-state index >= 15 is 0 Å². The standard InChI is InChI=1S/C13H11N3O2S/c1-2-16-8-6-4-3-5-7(8)9(12(16)18)10-11(17)15-13(14)19-10/h3-6H,2H2,1H3,(H2,14,15,17). The smallest absolute Gasteiger partial charge is 0.287 e. The first-order valence-corrected chi connectivity index (χ1v) is 6.67. The predicted molar refractivity (Wildman–Crippen MR) is 75.6 cm³/mol. The third-order valence-electron chi connectivity index (χ3n) is 3.08. The van der Waals surface area contributed by atoms with Gasteiger partial charge in [-0.1, -0.05) is 18.2 Å². The van der Waals surface area contributed by atoms with E-state index in [0.29, 0.717) is 17.0 Å². The van der Waals surface area contributed by atoms with Crippen molar-refractivity contribution in [3.63, 3.8) is 0 Å². The van der Waals surface area contributed by atoms with Crippen molar-refractivity contribution in [2.24, 2.45) is 10.7 Å². The highest BCUT2D eigenvalue weighted by Gasteiger charge is 2.37. The van der Waals surface area contributed by atoms with Crippen LogP contribution in [0.15, 0.2) is 34.2 Å². The summed E-state index contributed by atoms with van der Waals surface area (Å²) in [6, 6.07) is 7.43. The fraction of sp³-hybridized carbons (Fsp3) is 0.154. The third-order valence-corrected chi connectivity index (χ3v) is 3.96. The van der Waals surface area contributed by atoms with Gasteiger partial charge in [0.25, 0.3) is 11.8 Å². The molecule has 2 N–H and O–H groups in total. The first-order valence-electron chi connectivity index (χ1n) is 5.85. The molecule has 2 amide bonds. The molecule has 2 heterocycles. The van der Waals surface area contributed by atoms with Gasteiger partial charge in [-0.2, -0.15) is 4.99 Å². The van der Waals surface area contributed by atoms with Crippen LogP contribution in [0.3, 0.4) is 0 Å². The van der Waals surface area contributed by atoms with Gasteiger partial charge < -0.3 is 10.6 Å². The number of nitrogens with zero attached hydrogens (tertiary/aromatic N) is 2. The Morgan fingerprint density at radius 3 is 2.68 bits per heavy atom. The van der Waals surface area contributed by atoms with Crippen LogP contribution in [-0.2, 0) is 9.59 Å². The van der Waals surface area contributed by atoms with E-state index in [1.165, 1.54) is 0 Å². The number of para-hydroxylation sites is 1. The number of rotatable bonds is 1. The van der Waals surface area contributed by atoms with Crippen LogP contribution in [0.2, 0.25) is 0 Å². The number of thioether (sulfide) groups is 1. The molecule has 0 saturated heterocycles. The second-order valence-corrected chi connectivity index (χ2v) is 5.16. The monoisotopic (exact) mass is 273 g/mol. The molecule has 0 spiro atoms. The molecule has 2 aliphatic rings. The number of hydrogen-bond donors (Lipinski definition) is 1. The van der Waals surface area contributed by atoms with Crippen LogP contribution >= 0.6 is 11.8 Å². The third kappa shape index (κ3) is 1.67. The minimum absolute atomic E-state index is 0.163. The van der Waals surface area contributed by atoms with Crippen molar-refractivity contribution in [3.05, 3.63) is 34.7 Å². The number of amidine groups is 1. The number of aliphatic imine (C=N–C) groups is 1. The molecule has 5 nitrogen and oxygen atoms in total. The van der Waals surface area contributed by atoms with Crippen LogP contribution in [0.5, 0.6) is 0 Å². The van der Waals surface area contributed by atoms with E-state index in [1.807, 2.05) is 31.2 Å². The van der Waals surface area contributed by atoms with E-state index in [-0.39, 0.29) is 11.1 Å². The Kier molecular flexibility index (Phi) is 2.67. The van der Waals surface area contributed by atoms with Crippen LogP contribution < -0.4 is 10.6 Å². The van der Waals surface area contributed by atoms with Crippen molar-refractivity contribution in [2.75, 3.05) is 11.4 Å². The number of amides is 2. The molecule has 0 bridgehead atoms. The van der Waals surface area contributed by atoms with Gasteiger partial charge in [-0.15, -0.1) is 0 Å². The molecule has 19 heavy (non-hydrogen) atoms. The van der Waals surface area contributed by atoms with E-state index in [1.54, 1.807) is 4.90 Å². The van der Waals surface area contributed by atoms with Gasteiger partial charge in [0.1, 0.15) is 0 Å². The van der Waals surface area contributed by atoms with Crippen molar-refractivity contribution in [3.8, 4) is 0 Å². The zero-order valence-electron chi connectivity index (χ0n) is 10.2. The quantitative estimate of drug-likeness (QED) is 0.784. The van der Waals surface area contributed by atoms with Crippen molar-refractivity contribution < 1.29 is 9.59 Å². The van der Waals surface area contributed by atoms with Gasteiger partial charge in [0, 0.05) is 12.1 Å². The number of hydrogen-bond acceptors (Lipinski definition) is 4. The second kappa shape index (κ2) is 4.24. The fourth-order valence-electron chi connectivity index (χ4n) is 2.29. The van der Waals surface area contributed by atoms with Gasteiger partial charge in [-0.25, -0.2) is 0 Å². The van der Waals surface area contributed by atoms with Crippen molar-refractivity contribution in [2.45, 2.75) is 6.92 Å². The Labute approximate surface area is 114 Å². The van der Waals surface area contributed by atoms with Crippen molar-refractivity contribution >= 4 is 40.0 Å². The molecule has 0 unspecified atom stereocenters. The minimum Gasteiger partial charge on any atom is -0.378 e. The molecule has 3 rings (SSSR count). The maximum absolute atomic E-state index is 12.4. The number of likely N-dealkylation sites (N-methyl/N-ethyl adjacent to an activating group) is 1. The van der Waals surface area contributed by atoms with E-state index < -0.39 is 5.91 Å². The van der Waals surface area contributed by atoms with Crippen LogP contribution in [0.1, 0.15) is 12.5 Å². The Bertz CT molecular complexity index is 664. The summed E-state index contributed by atoms with van der Waals surface area (Å²) in [5, 5.41) is 0.188. The Balaban J connectivity index is 2.22. The molecule has 6 heteroatoms. The molecule has 1 aromatic carbocycles. The normalized spacial score (nSPS) is 21.9.